The van der Waals surface area contributed by atoms with Crippen LogP contribution < -0.4 is 4.80 Å². The number of benzene rings is 2. The molecular formula is C23H19ClN4OS. The minimum Gasteiger partial charge on any atom is -0.454 e. The zero-order valence-corrected chi connectivity index (χ0v) is 17.7. The van der Waals surface area contributed by atoms with Crippen molar-refractivity contribution in [1.82, 2.24) is 14.1 Å². The van der Waals surface area contributed by atoms with E-state index >= 15 is 0 Å². The second kappa shape index (κ2) is 8.34. The largest absolute Gasteiger partial charge is 0.454 e. The molecule has 0 N–H and O–H groups in total. The maximum atomic E-state index is 6.35. The summed E-state index contributed by atoms with van der Waals surface area (Å²) in [6.07, 6.45) is 6.56. The number of aryl methyl sites for hydroxylation is 1. The lowest BCUT2D eigenvalue weighted by Crippen LogP contribution is -2.17. The summed E-state index contributed by atoms with van der Waals surface area (Å²) in [6.45, 7) is 1.69. The van der Waals surface area contributed by atoms with Gasteiger partial charge < -0.3 is 13.6 Å². The first-order valence-electron chi connectivity index (χ1n) is 9.70. The molecule has 0 unspecified atom stereocenters. The van der Waals surface area contributed by atoms with E-state index in [0.29, 0.717) is 5.02 Å². The van der Waals surface area contributed by atoms with Gasteiger partial charge in [-0.15, -0.1) is 11.3 Å². The number of halogens is 1. The molecule has 0 amide bonds. The highest BCUT2D eigenvalue weighted by atomic mass is 35.5. The van der Waals surface area contributed by atoms with Crippen molar-refractivity contribution in [3.05, 3.63) is 88.5 Å². The Bertz CT molecular complexity index is 1310. The van der Waals surface area contributed by atoms with E-state index in [1.54, 1.807) is 17.5 Å². The summed E-state index contributed by atoms with van der Waals surface area (Å²) >= 11 is 7.94. The van der Waals surface area contributed by atoms with Crippen LogP contribution in [-0.2, 0) is 13.1 Å². The SMILES string of the molecule is Clc1ccccc1N=c1scc(-c2cc3ccccc3o2)n1CCCn1ccnc1. The van der Waals surface area contributed by atoms with E-state index in [9.17, 15) is 0 Å². The summed E-state index contributed by atoms with van der Waals surface area (Å²) in [5, 5.41) is 3.83. The molecule has 0 aliphatic rings. The molecule has 0 bridgehead atoms. The molecule has 3 heterocycles. The number of furan rings is 1. The van der Waals surface area contributed by atoms with Gasteiger partial charge in [-0.3, -0.25) is 0 Å². The molecule has 0 fully saturated rings. The number of aromatic nitrogens is 3. The smallest absolute Gasteiger partial charge is 0.190 e. The van der Waals surface area contributed by atoms with E-state index in [0.717, 1.165) is 52.4 Å². The molecular weight excluding hydrogens is 416 g/mol. The molecule has 0 saturated carbocycles. The van der Waals surface area contributed by atoms with Gasteiger partial charge in [0.2, 0.25) is 0 Å². The Balaban J connectivity index is 1.56. The number of hydrogen-bond acceptors (Lipinski definition) is 4. The van der Waals surface area contributed by atoms with Crippen LogP contribution in [0.3, 0.4) is 0 Å². The predicted octanol–water partition coefficient (Wildman–Crippen LogP) is 6.14. The van der Waals surface area contributed by atoms with Gasteiger partial charge in [0.05, 0.1) is 22.7 Å². The lowest BCUT2D eigenvalue weighted by Gasteiger charge is -2.08. The van der Waals surface area contributed by atoms with Crippen LogP contribution >= 0.6 is 22.9 Å². The summed E-state index contributed by atoms with van der Waals surface area (Å²) in [5.74, 6) is 0.843. The van der Waals surface area contributed by atoms with Crippen LogP contribution in [0.15, 0.2) is 88.1 Å². The minimum atomic E-state index is 0.640. The van der Waals surface area contributed by atoms with Crippen molar-refractivity contribution >= 4 is 39.6 Å². The fraction of sp³-hybridized carbons (Fsp3) is 0.130. The highest BCUT2D eigenvalue weighted by Gasteiger charge is 2.13. The van der Waals surface area contributed by atoms with Crippen molar-refractivity contribution < 1.29 is 4.42 Å². The highest BCUT2D eigenvalue weighted by molar-refractivity contribution is 7.07. The molecule has 0 saturated heterocycles. The topological polar surface area (TPSA) is 48.2 Å². The Kier molecular flexibility index (Phi) is 5.26. The van der Waals surface area contributed by atoms with Gasteiger partial charge in [0.1, 0.15) is 5.58 Å². The Morgan fingerprint density at radius 3 is 2.77 bits per heavy atom. The number of rotatable bonds is 6. The summed E-state index contributed by atoms with van der Waals surface area (Å²) < 4.78 is 10.4. The lowest BCUT2D eigenvalue weighted by molar-refractivity contribution is 0.549. The molecule has 3 aromatic heterocycles. The van der Waals surface area contributed by atoms with Crippen LogP contribution in [0, 0.1) is 0 Å². The number of imidazole rings is 1. The molecule has 5 aromatic rings. The molecule has 0 atom stereocenters. The van der Waals surface area contributed by atoms with Gasteiger partial charge in [-0.1, -0.05) is 41.9 Å². The molecule has 0 radical (unpaired) electrons. The minimum absolute atomic E-state index is 0.640. The second-order valence-electron chi connectivity index (χ2n) is 6.92. The average molecular weight is 435 g/mol. The molecule has 30 heavy (non-hydrogen) atoms. The van der Waals surface area contributed by atoms with E-state index in [1.165, 1.54) is 0 Å². The zero-order valence-electron chi connectivity index (χ0n) is 16.1. The van der Waals surface area contributed by atoms with Crippen LogP contribution in [0.5, 0.6) is 0 Å². The summed E-state index contributed by atoms with van der Waals surface area (Å²) in [6, 6.07) is 17.8. The summed E-state index contributed by atoms with van der Waals surface area (Å²) in [7, 11) is 0. The molecule has 5 nitrogen and oxygen atoms in total. The van der Waals surface area contributed by atoms with Gasteiger partial charge in [0.15, 0.2) is 10.6 Å². The van der Waals surface area contributed by atoms with Gasteiger partial charge in [0, 0.05) is 36.2 Å². The van der Waals surface area contributed by atoms with E-state index in [1.807, 2.05) is 55.0 Å². The van der Waals surface area contributed by atoms with E-state index in [4.69, 9.17) is 21.0 Å². The van der Waals surface area contributed by atoms with Gasteiger partial charge >= 0.3 is 0 Å². The fourth-order valence-corrected chi connectivity index (χ4v) is 4.52. The van der Waals surface area contributed by atoms with Crippen LogP contribution in [0.4, 0.5) is 5.69 Å². The number of para-hydroxylation sites is 2. The fourth-order valence-electron chi connectivity index (χ4n) is 3.42. The van der Waals surface area contributed by atoms with Crippen molar-refractivity contribution in [2.75, 3.05) is 0 Å². The van der Waals surface area contributed by atoms with Crippen molar-refractivity contribution in [1.29, 1.82) is 0 Å². The van der Waals surface area contributed by atoms with E-state index in [2.05, 4.69) is 31.6 Å². The third-order valence-electron chi connectivity index (χ3n) is 4.90. The maximum Gasteiger partial charge on any atom is 0.190 e. The third-order valence-corrected chi connectivity index (χ3v) is 6.08. The first-order chi connectivity index (χ1) is 14.8. The van der Waals surface area contributed by atoms with Gasteiger partial charge in [-0.25, -0.2) is 9.98 Å². The Labute approximate surface area is 182 Å². The predicted molar refractivity (Wildman–Crippen MR) is 121 cm³/mol. The van der Waals surface area contributed by atoms with E-state index < -0.39 is 0 Å². The van der Waals surface area contributed by atoms with Crippen LogP contribution in [0.1, 0.15) is 6.42 Å². The van der Waals surface area contributed by atoms with Crippen molar-refractivity contribution in [2.45, 2.75) is 19.5 Å². The normalized spacial score (nSPS) is 12.1. The first-order valence-corrected chi connectivity index (χ1v) is 11.0. The van der Waals surface area contributed by atoms with Crippen molar-refractivity contribution in [3.8, 4) is 11.5 Å². The summed E-state index contributed by atoms with van der Waals surface area (Å²) in [5.41, 5.74) is 2.67. The van der Waals surface area contributed by atoms with Crippen molar-refractivity contribution in [3.63, 3.8) is 0 Å². The van der Waals surface area contributed by atoms with Crippen LogP contribution in [-0.4, -0.2) is 14.1 Å². The standard InChI is InChI=1S/C23H19ClN4OS/c24-18-7-2-3-8-19(18)26-23-28(12-5-11-27-13-10-25-16-27)20(15-30-23)22-14-17-6-1-4-9-21(17)29-22/h1-4,6-10,13-16H,5,11-12H2. The van der Waals surface area contributed by atoms with Gasteiger partial charge in [0.25, 0.3) is 0 Å². The molecule has 150 valence electrons. The molecule has 0 aliphatic heterocycles. The van der Waals surface area contributed by atoms with E-state index in [-0.39, 0.29) is 0 Å². The third kappa shape index (κ3) is 3.84. The maximum absolute atomic E-state index is 6.35. The number of fused-ring (bicyclic) bond motifs is 1. The van der Waals surface area contributed by atoms with Crippen molar-refractivity contribution in [2.24, 2.45) is 4.99 Å². The first kappa shape index (κ1) is 18.9. The lowest BCUT2D eigenvalue weighted by atomic mass is 10.2. The number of hydrogen-bond donors (Lipinski definition) is 0. The second-order valence-corrected chi connectivity index (χ2v) is 8.16. The Hall–Kier alpha value is -3.09. The molecule has 5 rings (SSSR count). The van der Waals surface area contributed by atoms with Crippen LogP contribution in [0.2, 0.25) is 5.02 Å². The van der Waals surface area contributed by atoms with Gasteiger partial charge in [-0.05, 0) is 30.7 Å². The van der Waals surface area contributed by atoms with Crippen LogP contribution in [0.25, 0.3) is 22.4 Å². The monoisotopic (exact) mass is 434 g/mol. The number of thiazole rings is 1. The average Bonchev–Trinajstić information content (AvgIpc) is 3.50. The highest BCUT2D eigenvalue weighted by Crippen LogP contribution is 2.29. The van der Waals surface area contributed by atoms with Gasteiger partial charge in [-0.2, -0.15) is 0 Å². The summed E-state index contributed by atoms with van der Waals surface area (Å²) in [4.78, 5) is 9.86. The molecule has 0 aliphatic carbocycles. The quantitative estimate of drug-likeness (QED) is 0.322. The Morgan fingerprint density at radius 1 is 1.07 bits per heavy atom. The Morgan fingerprint density at radius 2 is 1.93 bits per heavy atom. The molecule has 2 aromatic carbocycles. The molecule has 0 spiro atoms. The molecule has 7 heteroatoms. The zero-order chi connectivity index (χ0) is 20.3. The number of nitrogens with zero attached hydrogens (tertiary/aromatic N) is 4.